The van der Waals surface area contributed by atoms with E-state index in [-0.39, 0.29) is 5.24 Å². The zero-order chi connectivity index (χ0) is 12.3. The molecule has 0 unspecified atom stereocenters. The van der Waals surface area contributed by atoms with Crippen molar-refractivity contribution in [2.24, 2.45) is 0 Å². The first kappa shape index (κ1) is 11.7. The fourth-order valence-corrected chi connectivity index (χ4v) is 2.04. The van der Waals surface area contributed by atoms with Gasteiger partial charge in [0.1, 0.15) is 0 Å². The third-order valence-electron chi connectivity index (χ3n) is 2.18. The summed E-state index contributed by atoms with van der Waals surface area (Å²) in [5.41, 5.74) is 0.999. The van der Waals surface area contributed by atoms with Crippen LogP contribution in [0, 0.1) is 0 Å². The number of para-hydroxylation sites is 1. The summed E-state index contributed by atoms with van der Waals surface area (Å²) >= 11 is 1.12. The molecule has 88 valence electrons. The van der Waals surface area contributed by atoms with Gasteiger partial charge in [0.2, 0.25) is 0 Å². The molecule has 0 aliphatic carbocycles. The van der Waals surface area contributed by atoms with Gasteiger partial charge in [0, 0.05) is 43.9 Å². The second kappa shape index (κ2) is 5.05. The van der Waals surface area contributed by atoms with Gasteiger partial charge in [-0.25, -0.2) is 4.98 Å². The van der Waals surface area contributed by atoms with E-state index in [1.54, 1.807) is 20.3 Å². The third kappa shape index (κ3) is 2.68. The Morgan fingerprint density at radius 2 is 2.00 bits per heavy atom. The average molecular weight is 247 g/mol. The van der Waals surface area contributed by atoms with Crippen molar-refractivity contribution in [1.82, 2.24) is 14.5 Å². The van der Waals surface area contributed by atoms with Gasteiger partial charge in [-0.05, 0) is 12.1 Å². The summed E-state index contributed by atoms with van der Waals surface area (Å²) < 4.78 is 1.89. The van der Waals surface area contributed by atoms with Crippen LogP contribution in [0.25, 0.3) is 5.69 Å². The monoisotopic (exact) mass is 247 g/mol. The summed E-state index contributed by atoms with van der Waals surface area (Å²) in [7, 11) is 3.45. The molecule has 0 fully saturated rings. The smallest absolute Gasteiger partial charge is 0.288 e. The zero-order valence-corrected chi connectivity index (χ0v) is 10.5. The second-order valence-corrected chi connectivity index (χ2v) is 4.60. The van der Waals surface area contributed by atoms with Gasteiger partial charge in [0.25, 0.3) is 5.24 Å². The lowest BCUT2D eigenvalue weighted by atomic mass is 10.3. The molecule has 4 nitrogen and oxygen atoms in total. The minimum absolute atomic E-state index is 0.0339. The number of rotatable bonds is 2. The minimum atomic E-state index is -0.0339. The van der Waals surface area contributed by atoms with E-state index in [2.05, 4.69) is 4.98 Å². The Balaban J connectivity index is 2.27. The number of hydrogen-bond acceptors (Lipinski definition) is 3. The Kier molecular flexibility index (Phi) is 3.49. The Morgan fingerprint density at radius 3 is 2.65 bits per heavy atom. The quantitative estimate of drug-likeness (QED) is 0.766. The molecule has 0 spiro atoms. The fraction of sp³-hybridized carbons (Fsp3) is 0.167. The summed E-state index contributed by atoms with van der Waals surface area (Å²) in [6.07, 6.45) is 3.54. The summed E-state index contributed by atoms with van der Waals surface area (Å²) in [6, 6.07) is 9.82. The van der Waals surface area contributed by atoms with Crippen molar-refractivity contribution in [3.05, 3.63) is 42.7 Å². The topological polar surface area (TPSA) is 38.1 Å². The predicted octanol–water partition coefficient (Wildman–Crippen LogP) is 2.65. The molecular formula is C12H13N3OS. The van der Waals surface area contributed by atoms with Crippen LogP contribution in [0.4, 0.5) is 4.79 Å². The lowest BCUT2D eigenvalue weighted by Crippen LogP contribution is -2.16. The number of thioether (sulfide) groups is 1. The number of carbonyl (C=O) groups is 1. The molecule has 0 radical (unpaired) electrons. The van der Waals surface area contributed by atoms with Gasteiger partial charge in [-0.1, -0.05) is 18.2 Å². The van der Waals surface area contributed by atoms with Crippen LogP contribution in [0.15, 0.2) is 47.9 Å². The molecule has 2 rings (SSSR count). The second-order valence-electron chi connectivity index (χ2n) is 3.68. The molecule has 1 heterocycles. The van der Waals surface area contributed by atoms with E-state index < -0.39 is 0 Å². The van der Waals surface area contributed by atoms with Crippen molar-refractivity contribution in [1.29, 1.82) is 0 Å². The highest BCUT2D eigenvalue weighted by Gasteiger charge is 2.12. The SMILES string of the molecule is CN(C)C(=O)Sc1nccn1-c1ccccc1. The van der Waals surface area contributed by atoms with Crippen LogP contribution in [-0.2, 0) is 0 Å². The summed E-state index contributed by atoms with van der Waals surface area (Å²) in [6.45, 7) is 0. The molecule has 1 amide bonds. The number of carbonyl (C=O) groups excluding carboxylic acids is 1. The molecule has 0 saturated carbocycles. The van der Waals surface area contributed by atoms with Crippen molar-refractivity contribution in [3.8, 4) is 5.69 Å². The maximum Gasteiger partial charge on any atom is 0.288 e. The minimum Gasteiger partial charge on any atom is -0.339 e. The molecule has 0 bridgehead atoms. The van der Waals surface area contributed by atoms with Crippen LogP contribution in [0.5, 0.6) is 0 Å². The predicted molar refractivity (Wildman–Crippen MR) is 68.5 cm³/mol. The highest BCUT2D eigenvalue weighted by molar-refractivity contribution is 8.13. The van der Waals surface area contributed by atoms with Crippen LogP contribution in [0.3, 0.4) is 0 Å². The summed E-state index contributed by atoms with van der Waals surface area (Å²) in [4.78, 5) is 17.4. The molecule has 17 heavy (non-hydrogen) atoms. The number of nitrogens with zero attached hydrogens (tertiary/aromatic N) is 3. The van der Waals surface area contributed by atoms with Crippen molar-refractivity contribution >= 4 is 17.0 Å². The van der Waals surface area contributed by atoms with Crippen LogP contribution in [0.1, 0.15) is 0 Å². The first-order valence-corrected chi connectivity index (χ1v) is 5.98. The Morgan fingerprint density at radius 1 is 1.29 bits per heavy atom. The maximum absolute atomic E-state index is 11.6. The number of aromatic nitrogens is 2. The molecule has 1 aromatic carbocycles. The van der Waals surface area contributed by atoms with Gasteiger partial charge in [-0.2, -0.15) is 0 Å². The van der Waals surface area contributed by atoms with Crippen molar-refractivity contribution in [2.45, 2.75) is 5.16 Å². The molecule has 0 N–H and O–H groups in total. The van der Waals surface area contributed by atoms with Crippen LogP contribution in [0.2, 0.25) is 0 Å². The molecule has 0 atom stereocenters. The van der Waals surface area contributed by atoms with Crippen molar-refractivity contribution in [3.63, 3.8) is 0 Å². The molecule has 0 saturated heterocycles. The number of imidazole rings is 1. The van der Waals surface area contributed by atoms with E-state index >= 15 is 0 Å². The highest BCUT2D eigenvalue weighted by atomic mass is 32.2. The standard InChI is InChI=1S/C12H13N3OS/c1-14(2)12(16)17-11-13-8-9-15(11)10-6-4-3-5-7-10/h3-9H,1-2H3. The fourth-order valence-electron chi connectivity index (χ4n) is 1.32. The number of benzene rings is 1. The molecular weight excluding hydrogens is 234 g/mol. The van der Waals surface area contributed by atoms with E-state index in [0.29, 0.717) is 5.16 Å². The largest absolute Gasteiger partial charge is 0.339 e. The van der Waals surface area contributed by atoms with Gasteiger partial charge in [-0.15, -0.1) is 0 Å². The van der Waals surface area contributed by atoms with E-state index in [0.717, 1.165) is 17.4 Å². The average Bonchev–Trinajstić information content (AvgIpc) is 2.78. The lowest BCUT2D eigenvalue weighted by Gasteiger charge is -2.10. The lowest BCUT2D eigenvalue weighted by molar-refractivity contribution is 0.241. The summed E-state index contributed by atoms with van der Waals surface area (Å²) in [5.74, 6) is 0. The van der Waals surface area contributed by atoms with Crippen LogP contribution in [-0.4, -0.2) is 33.8 Å². The molecule has 0 aliphatic heterocycles. The summed E-state index contributed by atoms with van der Waals surface area (Å²) in [5, 5.41) is 0.642. The van der Waals surface area contributed by atoms with Gasteiger partial charge in [0.05, 0.1) is 0 Å². The van der Waals surface area contributed by atoms with Crippen LogP contribution >= 0.6 is 11.8 Å². The van der Waals surface area contributed by atoms with Crippen LogP contribution < -0.4 is 0 Å². The highest BCUT2D eigenvalue weighted by Crippen LogP contribution is 2.21. The Bertz CT molecular complexity index is 507. The van der Waals surface area contributed by atoms with E-state index in [4.69, 9.17) is 0 Å². The van der Waals surface area contributed by atoms with Crippen molar-refractivity contribution < 1.29 is 4.79 Å². The van der Waals surface area contributed by atoms with E-state index in [9.17, 15) is 4.79 Å². The van der Waals surface area contributed by atoms with E-state index in [1.807, 2.05) is 41.1 Å². The normalized spacial score (nSPS) is 10.2. The molecule has 5 heteroatoms. The number of hydrogen-bond donors (Lipinski definition) is 0. The maximum atomic E-state index is 11.6. The first-order chi connectivity index (χ1) is 8.18. The van der Waals surface area contributed by atoms with Crippen molar-refractivity contribution in [2.75, 3.05) is 14.1 Å². The molecule has 2 aromatic rings. The van der Waals surface area contributed by atoms with Gasteiger partial charge in [-0.3, -0.25) is 9.36 Å². The first-order valence-electron chi connectivity index (χ1n) is 5.16. The van der Waals surface area contributed by atoms with Gasteiger partial charge in [0.15, 0.2) is 5.16 Å². The van der Waals surface area contributed by atoms with E-state index in [1.165, 1.54) is 4.90 Å². The Labute approximate surface area is 104 Å². The molecule has 0 aliphatic rings. The molecule has 1 aromatic heterocycles. The van der Waals surface area contributed by atoms with Gasteiger partial charge >= 0.3 is 0 Å². The number of amides is 1. The Hall–Kier alpha value is -1.75. The zero-order valence-electron chi connectivity index (χ0n) is 9.70. The van der Waals surface area contributed by atoms with Gasteiger partial charge < -0.3 is 4.90 Å². The third-order valence-corrected chi connectivity index (χ3v) is 3.21.